The van der Waals surface area contributed by atoms with Gasteiger partial charge in [-0.3, -0.25) is 0 Å². The van der Waals surface area contributed by atoms with Crippen molar-refractivity contribution in [2.24, 2.45) is 0 Å². The lowest BCUT2D eigenvalue weighted by Gasteiger charge is -2.01. The number of aryl methyl sites for hydroxylation is 1. The molecule has 3 rings (SSSR count). The number of carbonyl (C=O) groups is 2. The zero-order valence-electron chi connectivity index (χ0n) is 13.5. The zero-order chi connectivity index (χ0) is 18.4. The number of rotatable bonds is 3. The molecule has 1 aromatic heterocycles. The Morgan fingerprint density at radius 2 is 1.72 bits per heavy atom. The van der Waals surface area contributed by atoms with Gasteiger partial charge in [-0.1, -0.05) is 6.07 Å². The second-order valence-corrected chi connectivity index (χ2v) is 5.20. The van der Waals surface area contributed by atoms with Gasteiger partial charge >= 0.3 is 11.9 Å². The van der Waals surface area contributed by atoms with Gasteiger partial charge in [0.25, 0.3) is 0 Å². The normalized spacial score (nSPS) is 9.80. The first kappa shape index (κ1) is 17.7. The highest BCUT2D eigenvalue weighted by molar-refractivity contribution is 5.94. The van der Waals surface area contributed by atoms with E-state index in [1.165, 1.54) is 12.1 Å². The van der Waals surface area contributed by atoms with E-state index in [1.807, 2.05) is 35.0 Å². The number of aromatic carboxylic acids is 2. The van der Waals surface area contributed by atoms with Crippen LogP contribution in [0.4, 0.5) is 5.69 Å². The summed E-state index contributed by atoms with van der Waals surface area (Å²) in [5.41, 5.74) is 7.97. The predicted molar refractivity (Wildman–Crippen MR) is 93.1 cm³/mol. The lowest BCUT2D eigenvalue weighted by Crippen LogP contribution is -2.03. The number of nitrogens with two attached hydrogens (primary N) is 1. The molecule has 7 heteroatoms. The number of nitrogens with zero attached hydrogens (tertiary/aromatic N) is 2. The smallest absolute Gasteiger partial charge is 0.335 e. The molecule has 0 fully saturated rings. The Labute approximate surface area is 144 Å². The molecular formula is C18H17N3O4. The van der Waals surface area contributed by atoms with Gasteiger partial charge in [-0.05, 0) is 48.9 Å². The molecule has 3 aromatic rings. The van der Waals surface area contributed by atoms with E-state index in [9.17, 15) is 9.59 Å². The fourth-order valence-corrected chi connectivity index (χ4v) is 2.04. The number of carboxylic acid groups (broad SMARTS) is 2. The minimum absolute atomic E-state index is 0.0111. The Kier molecular flexibility index (Phi) is 5.52. The van der Waals surface area contributed by atoms with Crippen LogP contribution in [0.5, 0.6) is 0 Å². The number of hydrogen-bond donors (Lipinski definition) is 3. The van der Waals surface area contributed by atoms with E-state index in [0.717, 1.165) is 17.4 Å². The molecule has 25 heavy (non-hydrogen) atoms. The minimum Gasteiger partial charge on any atom is -0.478 e. The van der Waals surface area contributed by atoms with Crippen molar-refractivity contribution in [2.45, 2.75) is 6.92 Å². The van der Waals surface area contributed by atoms with Crippen molar-refractivity contribution in [2.75, 3.05) is 5.73 Å². The third-order valence-electron chi connectivity index (χ3n) is 3.41. The molecule has 2 aromatic carbocycles. The summed E-state index contributed by atoms with van der Waals surface area (Å²) >= 11 is 0. The summed E-state index contributed by atoms with van der Waals surface area (Å²) in [6, 6.07) is 11.7. The highest BCUT2D eigenvalue weighted by atomic mass is 16.4. The van der Waals surface area contributed by atoms with E-state index in [2.05, 4.69) is 4.98 Å². The molecule has 0 aliphatic carbocycles. The standard InChI is InChI=1S/C9H9N3.C9H8O4/c10-8-1-3-9(4-2-8)12-6-5-11-7-12;1-5-2-3-6(8(10)11)4-7(5)9(12)13/h1-7H,10H2;2-4H,1H3,(H,10,11)(H,12,13). The van der Waals surface area contributed by atoms with Gasteiger partial charge in [-0.25, -0.2) is 14.6 Å². The molecule has 0 saturated carbocycles. The molecule has 0 amide bonds. The molecule has 128 valence electrons. The van der Waals surface area contributed by atoms with Gasteiger partial charge in [0.2, 0.25) is 0 Å². The van der Waals surface area contributed by atoms with Crippen molar-refractivity contribution < 1.29 is 19.8 Å². The number of anilines is 1. The highest BCUT2D eigenvalue weighted by Gasteiger charge is 2.10. The van der Waals surface area contributed by atoms with Crippen LogP contribution in [0, 0.1) is 6.92 Å². The number of hydrogen-bond acceptors (Lipinski definition) is 4. The Morgan fingerprint density at radius 1 is 1.04 bits per heavy atom. The van der Waals surface area contributed by atoms with Gasteiger partial charge in [0, 0.05) is 23.8 Å². The van der Waals surface area contributed by atoms with Gasteiger partial charge in [0.15, 0.2) is 0 Å². The SMILES string of the molecule is Cc1ccc(C(=O)O)cc1C(=O)O.Nc1ccc(-n2ccnc2)cc1. The molecule has 0 saturated heterocycles. The molecule has 7 nitrogen and oxygen atoms in total. The van der Waals surface area contributed by atoms with E-state index < -0.39 is 11.9 Å². The van der Waals surface area contributed by atoms with E-state index in [-0.39, 0.29) is 11.1 Å². The molecule has 0 aliphatic heterocycles. The number of nitrogen functional groups attached to an aromatic ring is 1. The van der Waals surface area contributed by atoms with E-state index in [4.69, 9.17) is 15.9 Å². The number of aromatic nitrogens is 2. The second-order valence-electron chi connectivity index (χ2n) is 5.20. The summed E-state index contributed by atoms with van der Waals surface area (Å²) in [4.78, 5) is 25.1. The third-order valence-corrected chi connectivity index (χ3v) is 3.41. The van der Waals surface area contributed by atoms with Gasteiger partial charge < -0.3 is 20.5 Å². The van der Waals surface area contributed by atoms with Crippen molar-refractivity contribution >= 4 is 17.6 Å². The van der Waals surface area contributed by atoms with Crippen LogP contribution < -0.4 is 5.73 Å². The maximum Gasteiger partial charge on any atom is 0.335 e. The van der Waals surface area contributed by atoms with E-state index in [1.54, 1.807) is 19.4 Å². The largest absolute Gasteiger partial charge is 0.478 e. The van der Waals surface area contributed by atoms with Crippen LogP contribution in [-0.4, -0.2) is 31.7 Å². The number of carboxylic acids is 2. The summed E-state index contributed by atoms with van der Waals surface area (Å²) in [6.07, 6.45) is 5.40. The van der Waals surface area contributed by atoms with Gasteiger partial charge in [-0.2, -0.15) is 0 Å². The van der Waals surface area contributed by atoms with Crippen LogP contribution in [0.25, 0.3) is 5.69 Å². The maximum atomic E-state index is 10.6. The molecule has 4 N–H and O–H groups in total. The lowest BCUT2D eigenvalue weighted by atomic mass is 10.1. The Hall–Kier alpha value is -3.61. The van der Waals surface area contributed by atoms with E-state index >= 15 is 0 Å². The lowest BCUT2D eigenvalue weighted by molar-refractivity contribution is 0.0695. The van der Waals surface area contributed by atoms with Crippen molar-refractivity contribution in [1.82, 2.24) is 9.55 Å². The van der Waals surface area contributed by atoms with Crippen LogP contribution in [-0.2, 0) is 0 Å². The van der Waals surface area contributed by atoms with Gasteiger partial charge in [0.05, 0.1) is 17.5 Å². The number of imidazole rings is 1. The Morgan fingerprint density at radius 3 is 2.24 bits per heavy atom. The molecule has 0 unspecified atom stereocenters. The molecule has 0 atom stereocenters. The second kappa shape index (κ2) is 7.78. The molecule has 0 spiro atoms. The molecular weight excluding hydrogens is 322 g/mol. The quantitative estimate of drug-likeness (QED) is 0.631. The molecule has 1 heterocycles. The molecule has 0 bridgehead atoms. The third kappa shape index (κ3) is 4.68. The van der Waals surface area contributed by atoms with Crippen LogP contribution >= 0.6 is 0 Å². The van der Waals surface area contributed by atoms with Crippen molar-refractivity contribution in [1.29, 1.82) is 0 Å². The summed E-state index contributed by atoms with van der Waals surface area (Å²) in [6.45, 7) is 1.62. The summed E-state index contributed by atoms with van der Waals surface area (Å²) in [5.74, 6) is -2.23. The number of benzene rings is 2. The average molecular weight is 339 g/mol. The Balaban J connectivity index is 0.000000181. The van der Waals surface area contributed by atoms with Crippen LogP contribution in [0.15, 0.2) is 61.2 Å². The fourth-order valence-electron chi connectivity index (χ4n) is 2.04. The minimum atomic E-state index is -1.12. The topological polar surface area (TPSA) is 118 Å². The van der Waals surface area contributed by atoms with Gasteiger partial charge in [0.1, 0.15) is 0 Å². The molecule has 0 radical (unpaired) electrons. The maximum absolute atomic E-state index is 10.6. The molecule has 0 aliphatic rings. The van der Waals surface area contributed by atoms with Crippen LogP contribution in [0.3, 0.4) is 0 Å². The zero-order valence-corrected chi connectivity index (χ0v) is 13.5. The van der Waals surface area contributed by atoms with Crippen molar-refractivity contribution in [3.63, 3.8) is 0 Å². The first-order valence-electron chi connectivity index (χ1n) is 7.29. The van der Waals surface area contributed by atoms with Crippen molar-refractivity contribution in [3.8, 4) is 5.69 Å². The average Bonchev–Trinajstić information content (AvgIpc) is 3.10. The van der Waals surface area contributed by atoms with Crippen LogP contribution in [0.2, 0.25) is 0 Å². The fraction of sp³-hybridized carbons (Fsp3) is 0.0556. The summed E-state index contributed by atoms with van der Waals surface area (Å²) in [7, 11) is 0. The van der Waals surface area contributed by atoms with E-state index in [0.29, 0.717) is 5.56 Å². The summed E-state index contributed by atoms with van der Waals surface area (Å²) in [5, 5.41) is 17.3. The Bertz CT molecular complexity index is 872. The van der Waals surface area contributed by atoms with Crippen molar-refractivity contribution in [3.05, 3.63) is 77.9 Å². The summed E-state index contributed by atoms with van der Waals surface area (Å²) < 4.78 is 1.93. The first-order valence-corrected chi connectivity index (χ1v) is 7.29. The monoisotopic (exact) mass is 339 g/mol. The van der Waals surface area contributed by atoms with Gasteiger partial charge in [-0.15, -0.1) is 0 Å². The predicted octanol–water partition coefficient (Wildman–Crippen LogP) is 2.85. The highest BCUT2D eigenvalue weighted by Crippen LogP contribution is 2.11. The van der Waals surface area contributed by atoms with Crippen LogP contribution in [0.1, 0.15) is 26.3 Å². The first-order chi connectivity index (χ1) is 11.9.